The molecule has 5 heteroatoms. The summed E-state index contributed by atoms with van der Waals surface area (Å²) in [6, 6.07) is 6.01. The van der Waals surface area contributed by atoms with Gasteiger partial charge in [0.15, 0.2) is 0 Å². The Balaban J connectivity index is 2.23. The average Bonchev–Trinajstić information content (AvgIpc) is 2.77. The molecule has 0 amide bonds. The maximum absolute atomic E-state index is 13.2. The van der Waals surface area contributed by atoms with Gasteiger partial charge >= 0.3 is 0 Å². The van der Waals surface area contributed by atoms with Crippen LogP contribution in [0, 0.1) is 18.7 Å². The number of halogens is 1. The molecule has 1 heterocycles. The van der Waals surface area contributed by atoms with Crippen LogP contribution in [0.3, 0.4) is 0 Å². The van der Waals surface area contributed by atoms with Gasteiger partial charge in [-0.05, 0) is 38.5 Å². The van der Waals surface area contributed by atoms with Gasteiger partial charge in [0.25, 0.3) is 0 Å². The number of hydrogen-bond donors (Lipinski definition) is 1. The van der Waals surface area contributed by atoms with E-state index in [0.29, 0.717) is 11.5 Å². The highest BCUT2D eigenvalue weighted by molar-refractivity contribution is 5.82. The molecular formula is C17H18FNO3. The Morgan fingerprint density at radius 1 is 1.41 bits per heavy atom. The number of ketones is 1. The highest BCUT2D eigenvalue weighted by atomic mass is 19.1. The van der Waals surface area contributed by atoms with Gasteiger partial charge in [-0.1, -0.05) is 17.3 Å². The van der Waals surface area contributed by atoms with Crippen molar-refractivity contribution in [2.75, 3.05) is 0 Å². The number of benzene rings is 1. The third-order valence-corrected chi connectivity index (χ3v) is 4.49. The molecule has 116 valence electrons. The van der Waals surface area contributed by atoms with E-state index in [2.05, 4.69) is 5.16 Å². The topological polar surface area (TPSA) is 63.3 Å². The van der Waals surface area contributed by atoms with Crippen molar-refractivity contribution >= 4 is 5.78 Å². The maximum atomic E-state index is 13.2. The van der Waals surface area contributed by atoms with Crippen molar-refractivity contribution in [3.05, 3.63) is 52.7 Å². The molecule has 2 aromatic rings. The normalized spacial score (nSPS) is 27.5. The molecule has 0 radical (unpaired) electrons. The number of nitrogens with zero attached hydrogens (tertiary/aromatic N) is 1. The number of Topliss-reactive ketones (excluding diaryl/α,β-unsaturated/α-hetero) is 1. The van der Waals surface area contributed by atoms with Crippen LogP contribution in [-0.2, 0) is 11.2 Å². The lowest BCUT2D eigenvalue weighted by Crippen LogP contribution is -2.48. The molecule has 0 fully saturated rings. The van der Waals surface area contributed by atoms with E-state index in [0.717, 1.165) is 11.1 Å². The molecular weight excluding hydrogens is 285 g/mol. The fraction of sp³-hybridized carbons (Fsp3) is 0.412. The smallest absolute Gasteiger partial charge is 0.137 e. The molecule has 0 spiro atoms. The number of carbonyl (C=O) groups excluding carboxylic acids is 1. The molecule has 4 nitrogen and oxygen atoms in total. The predicted octanol–water partition coefficient (Wildman–Crippen LogP) is 2.77. The fourth-order valence-corrected chi connectivity index (χ4v) is 3.63. The average molecular weight is 303 g/mol. The van der Waals surface area contributed by atoms with Crippen LogP contribution in [0.25, 0.3) is 0 Å². The summed E-state index contributed by atoms with van der Waals surface area (Å²) in [5, 5.41) is 14.8. The van der Waals surface area contributed by atoms with E-state index in [4.69, 9.17) is 4.52 Å². The van der Waals surface area contributed by atoms with Crippen LogP contribution in [0.1, 0.15) is 42.3 Å². The highest BCUT2D eigenvalue weighted by Gasteiger charge is 2.49. The van der Waals surface area contributed by atoms with Gasteiger partial charge < -0.3 is 9.63 Å². The second-order valence-electron chi connectivity index (χ2n) is 6.25. The molecule has 0 aliphatic heterocycles. The van der Waals surface area contributed by atoms with Crippen LogP contribution in [0.2, 0.25) is 0 Å². The van der Waals surface area contributed by atoms with Crippen molar-refractivity contribution in [1.29, 1.82) is 0 Å². The molecule has 0 saturated heterocycles. The molecule has 0 bridgehead atoms. The first-order valence-corrected chi connectivity index (χ1v) is 7.24. The minimum absolute atomic E-state index is 0.106. The second kappa shape index (κ2) is 5.02. The minimum atomic E-state index is -1.22. The van der Waals surface area contributed by atoms with Crippen LogP contribution >= 0.6 is 0 Å². The van der Waals surface area contributed by atoms with E-state index >= 15 is 0 Å². The fourth-order valence-electron chi connectivity index (χ4n) is 3.63. The third kappa shape index (κ3) is 2.25. The maximum Gasteiger partial charge on any atom is 0.137 e. The van der Waals surface area contributed by atoms with Crippen LogP contribution in [-0.4, -0.2) is 21.6 Å². The van der Waals surface area contributed by atoms with E-state index in [9.17, 15) is 14.3 Å². The van der Waals surface area contributed by atoms with Crippen molar-refractivity contribution < 1.29 is 18.8 Å². The third-order valence-electron chi connectivity index (χ3n) is 4.49. The SMILES string of the molecule is CC(=O)[C@@H]1[C@H](c2ccc(F)cc2)c2c(noc2C)C[C@]1(C)O. The molecule has 0 unspecified atom stereocenters. The molecule has 22 heavy (non-hydrogen) atoms. The minimum Gasteiger partial charge on any atom is -0.389 e. The lowest BCUT2D eigenvalue weighted by atomic mass is 9.64. The number of carbonyl (C=O) groups is 1. The Hall–Kier alpha value is -2.01. The number of fused-ring (bicyclic) bond motifs is 1. The summed E-state index contributed by atoms with van der Waals surface area (Å²) >= 11 is 0. The summed E-state index contributed by atoms with van der Waals surface area (Å²) in [5.41, 5.74) is 1.04. The molecule has 1 aromatic heterocycles. The Labute approximate surface area is 127 Å². The Morgan fingerprint density at radius 3 is 2.64 bits per heavy atom. The Bertz CT molecular complexity index is 718. The van der Waals surface area contributed by atoms with E-state index in [1.165, 1.54) is 19.1 Å². The summed E-state index contributed by atoms with van der Waals surface area (Å²) in [4.78, 5) is 12.2. The van der Waals surface area contributed by atoms with Gasteiger partial charge in [-0.25, -0.2) is 4.39 Å². The van der Waals surface area contributed by atoms with Gasteiger partial charge in [0, 0.05) is 17.9 Å². The van der Waals surface area contributed by atoms with Crippen LogP contribution in [0.4, 0.5) is 4.39 Å². The van der Waals surface area contributed by atoms with Crippen LogP contribution in [0.5, 0.6) is 0 Å². The van der Waals surface area contributed by atoms with Crippen LogP contribution < -0.4 is 0 Å². The van der Waals surface area contributed by atoms with Crippen molar-refractivity contribution in [2.24, 2.45) is 5.92 Å². The zero-order valence-electron chi connectivity index (χ0n) is 12.8. The first kappa shape index (κ1) is 14.9. The summed E-state index contributed by atoms with van der Waals surface area (Å²) in [5.74, 6) is -0.823. The monoisotopic (exact) mass is 303 g/mol. The second-order valence-corrected chi connectivity index (χ2v) is 6.25. The summed E-state index contributed by atoms with van der Waals surface area (Å²) in [6.45, 7) is 4.91. The standard InChI is InChI=1S/C17H18FNO3/c1-9(20)16-15(11-4-6-12(18)7-5-11)14-10(2)22-19-13(14)8-17(16,3)21/h4-7,15-16,21H,8H2,1-3H3/t15-,16-,17+/m1/s1. The zero-order valence-corrected chi connectivity index (χ0v) is 12.8. The molecule has 0 saturated carbocycles. The summed E-state index contributed by atoms with van der Waals surface area (Å²) < 4.78 is 18.5. The molecule has 1 aliphatic carbocycles. The predicted molar refractivity (Wildman–Crippen MR) is 78.0 cm³/mol. The molecule has 1 N–H and O–H groups in total. The van der Waals surface area contributed by atoms with Gasteiger partial charge in [-0.3, -0.25) is 4.79 Å². The van der Waals surface area contributed by atoms with Gasteiger partial charge in [-0.15, -0.1) is 0 Å². The van der Waals surface area contributed by atoms with E-state index in [1.54, 1.807) is 26.0 Å². The Morgan fingerprint density at radius 2 is 2.05 bits per heavy atom. The molecule has 1 aliphatic rings. The number of rotatable bonds is 2. The number of aryl methyl sites for hydroxylation is 1. The lowest BCUT2D eigenvalue weighted by molar-refractivity contribution is -0.130. The van der Waals surface area contributed by atoms with Gasteiger partial charge in [-0.2, -0.15) is 0 Å². The molecule has 3 rings (SSSR count). The van der Waals surface area contributed by atoms with E-state index in [1.807, 2.05) is 0 Å². The number of aliphatic hydroxyl groups is 1. The zero-order chi connectivity index (χ0) is 16.1. The number of hydrogen-bond acceptors (Lipinski definition) is 4. The van der Waals surface area contributed by atoms with Gasteiger partial charge in [0.1, 0.15) is 17.4 Å². The van der Waals surface area contributed by atoms with Crippen molar-refractivity contribution in [1.82, 2.24) is 5.16 Å². The van der Waals surface area contributed by atoms with Crippen molar-refractivity contribution in [3.8, 4) is 0 Å². The van der Waals surface area contributed by atoms with Crippen LogP contribution in [0.15, 0.2) is 28.8 Å². The summed E-state index contributed by atoms with van der Waals surface area (Å²) in [7, 11) is 0. The largest absolute Gasteiger partial charge is 0.389 e. The van der Waals surface area contributed by atoms with E-state index < -0.39 is 11.5 Å². The first-order valence-electron chi connectivity index (χ1n) is 7.24. The van der Waals surface area contributed by atoms with Crippen molar-refractivity contribution in [3.63, 3.8) is 0 Å². The molecule has 3 atom stereocenters. The Kier molecular flexibility index (Phi) is 3.40. The van der Waals surface area contributed by atoms with Crippen molar-refractivity contribution in [2.45, 2.75) is 38.7 Å². The lowest BCUT2D eigenvalue weighted by Gasteiger charge is -2.40. The van der Waals surface area contributed by atoms with Gasteiger partial charge in [0.05, 0.1) is 17.2 Å². The van der Waals surface area contributed by atoms with E-state index in [-0.39, 0.29) is 23.9 Å². The van der Waals surface area contributed by atoms with Gasteiger partial charge in [0.2, 0.25) is 0 Å². The highest BCUT2D eigenvalue weighted by Crippen LogP contribution is 2.47. The quantitative estimate of drug-likeness (QED) is 0.926. The summed E-state index contributed by atoms with van der Waals surface area (Å²) in [6.07, 6.45) is 0.265. The number of aromatic nitrogens is 1. The molecule has 1 aromatic carbocycles. The first-order chi connectivity index (χ1) is 10.3.